The van der Waals surface area contributed by atoms with Crippen molar-refractivity contribution in [1.29, 1.82) is 0 Å². The van der Waals surface area contributed by atoms with Crippen molar-refractivity contribution in [3.63, 3.8) is 0 Å². The smallest absolute Gasteiger partial charge is 0.548 e. The SMILES string of the molecule is O=C(OCc1ccccc1)[C@@H]1CCCN1.O=C([O-])[C@@H]1CCCN1.[Na+]. The number of rotatable bonds is 4. The van der Waals surface area contributed by atoms with Crippen molar-refractivity contribution >= 4 is 11.9 Å². The van der Waals surface area contributed by atoms with Gasteiger partial charge in [0.05, 0.1) is 5.97 Å². The Morgan fingerprint density at radius 1 is 1.04 bits per heavy atom. The molecule has 0 saturated carbocycles. The topological polar surface area (TPSA) is 90.5 Å². The van der Waals surface area contributed by atoms with Gasteiger partial charge in [0.25, 0.3) is 0 Å². The summed E-state index contributed by atoms with van der Waals surface area (Å²) >= 11 is 0. The van der Waals surface area contributed by atoms with E-state index in [4.69, 9.17) is 4.74 Å². The number of aliphatic carboxylic acids is 1. The first-order valence-corrected chi connectivity index (χ1v) is 8.05. The Morgan fingerprint density at radius 3 is 2.08 bits per heavy atom. The zero-order valence-corrected chi connectivity index (χ0v) is 16.1. The second kappa shape index (κ2) is 11.6. The predicted molar refractivity (Wildman–Crippen MR) is 83.3 cm³/mol. The fourth-order valence-electron chi connectivity index (χ4n) is 2.60. The Bertz CT molecular complexity index is 501. The molecule has 6 nitrogen and oxygen atoms in total. The van der Waals surface area contributed by atoms with Gasteiger partial charge in [-0.15, -0.1) is 0 Å². The minimum atomic E-state index is -0.970. The molecule has 2 fully saturated rings. The van der Waals surface area contributed by atoms with Crippen LogP contribution in [0, 0.1) is 0 Å². The van der Waals surface area contributed by atoms with E-state index in [1.54, 1.807) is 0 Å². The zero-order chi connectivity index (χ0) is 16.5. The van der Waals surface area contributed by atoms with Crippen LogP contribution in [0.1, 0.15) is 31.2 Å². The summed E-state index contributed by atoms with van der Waals surface area (Å²) in [5.74, 6) is -1.10. The van der Waals surface area contributed by atoms with Gasteiger partial charge in [-0.25, -0.2) is 0 Å². The third kappa shape index (κ3) is 7.32. The van der Waals surface area contributed by atoms with Crippen molar-refractivity contribution in [2.24, 2.45) is 0 Å². The minimum Gasteiger partial charge on any atom is -0.548 e. The van der Waals surface area contributed by atoms with E-state index >= 15 is 0 Å². The fourth-order valence-corrected chi connectivity index (χ4v) is 2.60. The van der Waals surface area contributed by atoms with E-state index in [9.17, 15) is 14.7 Å². The maximum absolute atomic E-state index is 11.5. The molecule has 24 heavy (non-hydrogen) atoms. The second-order valence-electron chi connectivity index (χ2n) is 5.71. The fraction of sp³-hybridized carbons (Fsp3) is 0.529. The average Bonchev–Trinajstić information content (AvgIpc) is 3.27. The van der Waals surface area contributed by atoms with Gasteiger partial charge in [0, 0.05) is 6.04 Å². The average molecular weight is 342 g/mol. The summed E-state index contributed by atoms with van der Waals surface area (Å²) in [5.41, 5.74) is 1.03. The molecule has 0 bridgehead atoms. The summed E-state index contributed by atoms with van der Waals surface area (Å²) < 4.78 is 5.21. The largest absolute Gasteiger partial charge is 1.00 e. The normalized spacial score (nSPS) is 22.0. The molecule has 0 radical (unpaired) electrons. The van der Waals surface area contributed by atoms with Crippen LogP contribution in [0.2, 0.25) is 0 Å². The quantitative estimate of drug-likeness (QED) is 0.447. The van der Waals surface area contributed by atoms with Gasteiger partial charge >= 0.3 is 35.5 Å². The van der Waals surface area contributed by atoms with Crippen molar-refractivity contribution in [1.82, 2.24) is 10.6 Å². The Labute approximate surface area is 164 Å². The van der Waals surface area contributed by atoms with E-state index in [1.807, 2.05) is 30.3 Å². The first kappa shape index (κ1) is 21.1. The number of carbonyl (C=O) groups is 2. The summed E-state index contributed by atoms with van der Waals surface area (Å²) in [7, 11) is 0. The van der Waals surface area contributed by atoms with Crippen LogP contribution < -0.4 is 45.3 Å². The van der Waals surface area contributed by atoms with Gasteiger partial charge in [0.1, 0.15) is 12.6 Å². The van der Waals surface area contributed by atoms with Gasteiger partial charge in [-0.1, -0.05) is 30.3 Å². The molecule has 0 unspecified atom stereocenters. The molecule has 3 rings (SSSR count). The monoisotopic (exact) mass is 342 g/mol. The molecule has 2 aliphatic heterocycles. The maximum atomic E-state index is 11.5. The third-order valence-electron chi connectivity index (χ3n) is 3.91. The number of carboxylic acids is 1. The second-order valence-corrected chi connectivity index (χ2v) is 5.71. The molecular formula is C17H23N2NaO4. The van der Waals surface area contributed by atoms with Crippen molar-refractivity contribution in [2.45, 2.75) is 44.4 Å². The van der Waals surface area contributed by atoms with E-state index in [-0.39, 0.29) is 47.6 Å². The molecule has 0 amide bonds. The maximum Gasteiger partial charge on any atom is 1.00 e. The molecule has 0 aromatic heterocycles. The number of carbonyl (C=O) groups excluding carboxylic acids is 2. The molecule has 2 N–H and O–H groups in total. The molecule has 2 aliphatic rings. The van der Waals surface area contributed by atoms with Crippen LogP contribution in [0.25, 0.3) is 0 Å². The minimum absolute atomic E-state index is 0. The third-order valence-corrected chi connectivity index (χ3v) is 3.91. The van der Waals surface area contributed by atoms with Crippen LogP contribution >= 0.6 is 0 Å². The summed E-state index contributed by atoms with van der Waals surface area (Å²) in [4.78, 5) is 21.6. The number of hydrogen-bond acceptors (Lipinski definition) is 6. The van der Waals surface area contributed by atoms with Gasteiger partial charge in [0.15, 0.2) is 0 Å². The molecule has 0 spiro atoms. The molecule has 126 valence electrons. The Kier molecular flexibility index (Phi) is 10.2. The van der Waals surface area contributed by atoms with Crippen molar-refractivity contribution in [3.8, 4) is 0 Å². The number of benzene rings is 1. The molecule has 1 aromatic carbocycles. The number of carboxylic acid groups (broad SMARTS) is 1. The number of esters is 1. The van der Waals surface area contributed by atoms with E-state index in [2.05, 4.69) is 10.6 Å². The number of hydrogen-bond donors (Lipinski definition) is 2. The van der Waals surface area contributed by atoms with Crippen molar-refractivity contribution in [3.05, 3.63) is 35.9 Å². The van der Waals surface area contributed by atoms with Gasteiger partial charge in [0.2, 0.25) is 0 Å². The van der Waals surface area contributed by atoms with Crippen LogP contribution in [-0.4, -0.2) is 37.1 Å². The molecule has 2 atom stereocenters. The predicted octanol–water partition coefficient (Wildman–Crippen LogP) is -3.03. The van der Waals surface area contributed by atoms with Gasteiger partial charge in [-0.3, -0.25) is 4.79 Å². The summed E-state index contributed by atoms with van der Waals surface area (Å²) in [6.45, 7) is 2.11. The van der Waals surface area contributed by atoms with Crippen LogP contribution in [0.5, 0.6) is 0 Å². The Hall–Kier alpha value is -0.920. The van der Waals surface area contributed by atoms with E-state index < -0.39 is 5.97 Å². The van der Waals surface area contributed by atoms with Crippen LogP contribution in [0.3, 0.4) is 0 Å². The first-order valence-electron chi connectivity index (χ1n) is 8.05. The standard InChI is InChI=1S/C12H15NO2.C5H9NO2.Na/c14-12(11-7-4-8-13-11)15-9-10-5-2-1-3-6-10;7-5(8)4-2-1-3-6-4;/h1-3,5-6,11,13H,4,7-9H2;4,6H,1-3H2,(H,7,8);/q;;+1/p-1/t11-;4-;/m00./s1. The van der Waals surface area contributed by atoms with Gasteiger partial charge < -0.3 is 25.3 Å². The van der Waals surface area contributed by atoms with E-state index in [1.165, 1.54) is 0 Å². The molecule has 7 heteroatoms. The first-order chi connectivity index (χ1) is 11.2. The van der Waals surface area contributed by atoms with E-state index in [0.29, 0.717) is 6.61 Å². The number of nitrogens with one attached hydrogen (secondary N) is 2. The van der Waals surface area contributed by atoms with Gasteiger partial charge in [-0.2, -0.15) is 0 Å². The molecule has 2 heterocycles. The van der Waals surface area contributed by atoms with Crippen molar-refractivity contribution in [2.75, 3.05) is 13.1 Å². The Balaban J connectivity index is 0.000000273. The summed E-state index contributed by atoms with van der Waals surface area (Å²) in [5, 5.41) is 15.9. The Morgan fingerprint density at radius 2 is 1.62 bits per heavy atom. The molecule has 1 aromatic rings. The van der Waals surface area contributed by atoms with Crippen LogP contribution in [-0.2, 0) is 20.9 Å². The molecule has 2 saturated heterocycles. The zero-order valence-electron chi connectivity index (χ0n) is 14.1. The van der Waals surface area contributed by atoms with Crippen LogP contribution in [0.4, 0.5) is 0 Å². The van der Waals surface area contributed by atoms with Gasteiger partial charge in [-0.05, 0) is 44.3 Å². The molecule has 0 aliphatic carbocycles. The number of ether oxygens (including phenoxy) is 1. The summed E-state index contributed by atoms with van der Waals surface area (Å²) in [6, 6.07) is 9.27. The van der Waals surface area contributed by atoms with Crippen LogP contribution in [0.15, 0.2) is 30.3 Å². The van der Waals surface area contributed by atoms with Crippen molar-refractivity contribution < 1.29 is 49.0 Å². The van der Waals surface area contributed by atoms with E-state index in [0.717, 1.165) is 44.3 Å². The summed E-state index contributed by atoms with van der Waals surface area (Å²) in [6.07, 6.45) is 3.64. The molecular weight excluding hydrogens is 319 g/mol.